The van der Waals surface area contributed by atoms with Crippen LogP contribution in [0.1, 0.15) is 46.2 Å². The summed E-state index contributed by atoms with van der Waals surface area (Å²) in [4.78, 5) is 36.3. The van der Waals surface area contributed by atoms with E-state index in [9.17, 15) is 14.4 Å². The van der Waals surface area contributed by atoms with Crippen LogP contribution in [-0.4, -0.2) is 40.8 Å². The lowest BCUT2D eigenvalue weighted by atomic mass is 10.1. The molecule has 1 heterocycles. The summed E-state index contributed by atoms with van der Waals surface area (Å²) in [6.07, 6.45) is -0.102. The summed E-state index contributed by atoms with van der Waals surface area (Å²) in [6, 6.07) is 16.3. The lowest BCUT2D eigenvalue weighted by molar-refractivity contribution is -0.140. The highest BCUT2D eigenvalue weighted by Gasteiger charge is 2.19. The van der Waals surface area contributed by atoms with E-state index in [2.05, 4.69) is 10.4 Å². The molecule has 0 radical (unpaired) electrons. The van der Waals surface area contributed by atoms with Crippen LogP contribution in [0.2, 0.25) is 0 Å². The summed E-state index contributed by atoms with van der Waals surface area (Å²) in [7, 11) is 1.37. The van der Waals surface area contributed by atoms with Gasteiger partial charge in [0.25, 0.3) is 5.91 Å². The van der Waals surface area contributed by atoms with E-state index < -0.39 is 12.1 Å². The molecule has 1 amide bonds. The Kier molecular flexibility index (Phi) is 8.19. The molecule has 0 aliphatic carbocycles. The highest BCUT2D eigenvalue weighted by Crippen LogP contribution is 2.20. The van der Waals surface area contributed by atoms with Gasteiger partial charge in [0.05, 0.1) is 24.1 Å². The van der Waals surface area contributed by atoms with Crippen molar-refractivity contribution in [2.45, 2.75) is 46.3 Å². The first-order chi connectivity index (χ1) is 16.3. The fourth-order valence-corrected chi connectivity index (χ4v) is 3.57. The normalized spacial score (nSPS) is 11.5. The Balaban J connectivity index is 1.61. The van der Waals surface area contributed by atoms with Crippen LogP contribution in [0.5, 0.6) is 0 Å². The van der Waals surface area contributed by atoms with Gasteiger partial charge >= 0.3 is 11.9 Å². The van der Waals surface area contributed by atoms with Gasteiger partial charge in [-0.1, -0.05) is 30.3 Å². The first kappa shape index (κ1) is 24.7. The van der Waals surface area contributed by atoms with E-state index in [0.29, 0.717) is 18.5 Å². The first-order valence-corrected chi connectivity index (χ1v) is 11.0. The maximum atomic E-state index is 12.5. The quantitative estimate of drug-likeness (QED) is 0.488. The van der Waals surface area contributed by atoms with E-state index >= 15 is 0 Å². The van der Waals surface area contributed by atoms with E-state index in [1.54, 1.807) is 35.9 Å². The fourth-order valence-electron chi connectivity index (χ4n) is 3.57. The zero-order chi connectivity index (χ0) is 24.7. The average molecular weight is 464 g/mol. The molecule has 3 aromatic rings. The number of rotatable bonds is 9. The molecule has 8 nitrogen and oxygen atoms in total. The van der Waals surface area contributed by atoms with E-state index in [4.69, 9.17) is 9.47 Å². The van der Waals surface area contributed by atoms with E-state index in [0.717, 1.165) is 28.2 Å². The number of nitrogens with zero attached hydrogens (tertiary/aromatic N) is 2. The smallest absolute Gasteiger partial charge is 0.338 e. The van der Waals surface area contributed by atoms with Gasteiger partial charge < -0.3 is 14.8 Å². The van der Waals surface area contributed by atoms with Gasteiger partial charge in [-0.3, -0.25) is 9.59 Å². The van der Waals surface area contributed by atoms with Crippen molar-refractivity contribution in [1.82, 2.24) is 15.1 Å². The second kappa shape index (κ2) is 11.3. The maximum absolute atomic E-state index is 12.5. The van der Waals surface area contributed by atoms with Gasteiger partial charge in [-0.05, 0) is 62.6 Å². The highest BCUT2D eigenvalue weighted by atomic mass is 16.5. The number of hydrogen-bond donors (Lipinski definition) is 1. The van der Waals surface area contributed by atoms with E-state index in [-0.39, 0.29) is 18.3 Å². The molecule has 2 aromatic carbocycles. The fraction of sp³-hybridized carbons (Fsp3) is 0.308. The summed E-state index contributed by atoms with van der Waals surface area (Å²) in [5, 5.41) is 7.34. The largest absolute Gasteiger partial charge is 0.469 e. The minimum absolute atomic E-state index is 0.266. The van der Waals surface area contributed by atoms with Gasteiger partial charge in [-0.2, -0.15) is 5.10 Å². The molecule has 1 aromatic heterocycles. The molecule has 34 heavy (non-hydrogen) atoms. The third-order valence-electron chi connectivity index (χ3n) is 5.56. The minimum Gasteiger partial charge on any atom is -0.469 e. The highest BCUT2D eigenvalue weighted by molar-refractivity contribution is 5.92. The summed E-state index contributed by atoms with van der Waals surface area (Å²) in [5.41, 5.74) is 4.81. The third kappa shape index (κ3) is 6.10. The minimum atomic E-state index is -0.927. The Morgan fingerprint density at radius 3 is 2.35 bits per heavy atom. The van der Waals surface area contributed by atoms with Crippen LogP contribution in [0, 0.1) is 13.8 Å². The van der Waals surface area contributed by atoms with Crippen molar-refractivity contribution < 1.29 is 23.9 Å². The van der Waals surface area contributed by atoms with Crippen LogP contribution in [0.15, 0.2) is 54.6 Å². The molecule has 0 saturated carbocycles. The Hall–Kier alpha value is -3.94. The van der Waals surface area contributed by atoms with Crippen molar-refractivity contribution in [3.05, 3.63) is 82.7 Å². The van der Waals surface area contributed by atoms with E-state index in [1.807, 2.05) is 44.2 Å². The number of benzene rings is 2. The maximum Gasteiger partial charge on any atom is 0.338 e. The molecule has 0 fully saturated rings. The second-order valence-corrected chi connectivity index (χ2v) is 7.94. The Morgan fingerprint density at radius 1 is 1.03 bits per heavy atom. The molecule has 1 N–H and O–H groups in total. The van der Waals surface area contributed by atoms with Crippen molar-refractivity contribution in [3.8, 4) is 5.69 Å². The summed E-state index contributed by atoms with van der Waals surface area (Å²) in [5.74, 6) is -1.21. The predicted octanol–water partition coefficient (Wildman–Crippen LogP) is 3.46. The molecule has 0 bridgehead atoms. The predicted molar refractivity (Wildman–Crippen MR) is 127 cm³/mol. The molecule has 3 rings (SSSR count). The second-order valence-electron chi connectivity index (χ2n) is 7.94. The van der Waals surface area contributed by atoms with Gasteiger partial charge in [0, 0.05) is 18.7 Å². The Bertz CT molecular complexity index is 1150. The lowest BCUT2D eigenvalue weighted by Gasteiger charge is -2.14. The zero-order valence-corrected chi connectivity index (χ0v) is 19.8. The zero-order valence-electron chi connectivity index (χ0n) is 19.8. The van der Waals surface area contributed by atoms with Crippen molar-refractivity contribution in [2.75, 3.05) is 7.11 Å². The number of esters is 2. The van der Waals surface area contributed by atoms with Crippen molar-refractivity contribution in [3.63, 3.8) is 0 Å². The van der Waals surface area contributed by atoms with Crippen molar-refractivity contribution in [2.24, 2.45) is 0 Å². The number of carbonyl (C=O) groups is 3. The van der Waals surface area contributed by atoms with Gasteiger partial charge in [-0.25, -0.2) is 9.48 Å². The molecule has 1 unspecified atom stereocenters. The van der Waals surface area contributed by atoms with Crippen LogP contribution in [-0.2, 0) is 32.0 Å². The van der Waals surface area contributed by atoms with Crippen LogP contribution in [0.25, 0.3) is 5.69 Å². The van der Waals surface area contributed by atoms with Crippen LogP contribution >= 0.6 is 0 Å². The molecule has 0 aliphatic heterocycles. The first-order valence-electron chi connectivity index (χ1n) is 11.0. The van der Waals surface area contributed by atoms with Crippen LogP contribution < -0.4 is 5.32 Å². The Morgan fingerprint density at radius 2 is 1.71 bits per heavy atom. The monoisotopic (exact) mass is 463 g/mol. The number of nitrogens with one attached hydrogen (secondary N) is 1. The van der Waals surface area contributed by atoms with Gasteiger partial charge in [0.1, 0.15) is 0 Å². The lowest BCUT2D eigenvalue weighted by Crippen LogP contribution is -2.35. The standard InChI is InChI=1S/C26H29N3O5/c1-17-23(14-15-24(30)33-4)18(2)29(28-17)22-12-10-21(11-13-22)26(32)34-19(3)25(31)27-16-20-8-6-5-7-9-20/h5-13,19H,14-16H2,1-4H3,(H,27,31). The summed E-state index contributed by atoms with van der Waals surface area (Å²) < 4.78 is 11.8. The molecular formula is C26H29N3O5. The van der Waals surface area contributed by atoms with Crippen molar-refractivity contribution in [1.29, 1.82) is 0 Å². The number of ether oxygens (including phenoxy) is 2. The summed E-state index contributed by atoms with van der Waals surface area (Å²) in [6.45, 7) is 5.73. The molecule has 0 saturated heterocycles. The molecule has 8 heteroatoms. The molecule has 0 aliphatic rings. The SMILES string of the molecule is COC(=O)CCc1c(C)nn(-c2ccc(C(=O)OC(C)C(=O)NCc3ccccc3)cc2)c1C. The number of amides is 1. The topological polar surface area (TPSA) is 99.5 Å². The summed E-state index contributed by atoms with van der Waals surface area (Å²) >= 11 is 0. The molecular weight excluding hydrogens is 434 g/mol. The van der Waals surface area contributed by atoms with Crippen LogP contribution in [0.3, 0.4) is 0 Å². The van der Waals surface area contributed by atoms with Crippen LogP contribution in [0.4, 0.5) is 0 Å². The Labute approximate surface area is 198 Å². The van der Waals surface area contributed by atoms with E-state index in [1.165, 1.54) is 7.11 Å². The average Bonchev–Trinajstić information content (AvgIpc) is 3.14. The van der Waals surface area contributed by atoms with Gasteiger partial charge in [0.2, 0.25) is 0 Å². The van der Waals surface area contributed by atoms with Gasteiger partial charge in [-0.15, -0.1) is 0 Å². The number of methoxy groups -OCH3 is 1. The van der Waals surface area contributed by atoms with Gasteiger partial charge in [0.15, 0.2) is 6.10 Å². The number of hydrogen-bond acceptors (Lipinski definition) is 6. The number of aryl methyl sites for hydroxylation is 1. The number of carbonyl (C=O) groups excluding carboxylic acids is 3. The third-order valence-corrected chi connectivity index (χ3v) is 5.56. The molecule has 1 atom stereocenters. The number of aromatic nitrogens is 2. The molecule has 0 spiro atoms. The van der Waals surface area contributed by atoms with Crippen molar-refractivity contribution >= 4 is 17.8 Å². The molecule has 178 valence electrons.